The van der Waals surface area contributed by atoms with Gasteiger partial charge in [-0.3, -0.25) is 9.55 Å². The highest BCUT2D eigenvalue weighted by atomic mass is 32.2. The topological polar surface area (TPSA) is 73.1 Å². The quantitative estimate of drug-likeness (QED) is 0.414. The molecule has 0 radical (unpaired) electrons. The highest BCUT2D eigenvalue weighted by Gasteiger charge is 2.22. The zero-order chi connectivity index (χ0) is 20.8. The lowest BCUT2D eigenvalue weighted by molar-refractivity contribution is -0.00960. The number of ether oxygens (including phenoxy) is 1. The van der Waals surface area contributed by atoms with Gasteiger partial charge in [0.15, 0.2) is 11.0 Å². The van der Waals surface area contributed by atoms with Gasteiger partial charge in [0.05, 0.1) is 18.8 Å². The number of allylic oxidation sites excluding steroid dienone is 1. The van der Waals surface area contributed by atoms with Crippen molar-refractivity contribution in [1.29, 1.82) is 0 Å². The smallest absolute Gasteiger partial charge is 0.191 e. The number of aryl methyl sites for hydroxylation is 1. The van der Waals surface area contributed by atoms with E-state index >= 15 is 0 Å². The molecule has 1 aromatic carbocycles. The first kappa shape index (κ1) is 20.8. The third-order valence-electron chi connectivity index (χ3n) is 5.18. The number of aromatic nitrogens is 4. The molecule has 4 rings (SSSR count). The molecular formula is C23H26N4O2S. The summed E-state index contributed by atoms with van der Waals surface area (Å²) in [4.78, 5) is 4.06. The van der Waals surface area contributed by atoms with Crippen molar-refractivity contribution in [3.63, 3.8) is 0 Å². The van der Waals surface area contributed by atoms with Gasteiger partial charge in [-0.1, -0.05) is 42.1 Å². The van der Waals surface area contributed by atoms with E-state index in [1.54, 1.807) is 12.4 Å². The summed E-state index contributed by atoms with van der Waals surface area (Å²) in [5, 5.41) is 19.9. The zero-order valence-electron chi connectivity index (χ0n) is 16.9. The number of hydrogen-bond donors (Lipinski definition) is 1. The summed E-state index contributed by atoms with van der Waals surface area (Å²) in [5.41, 5.74) is 3.57. The molecule has 7 heteroatoms. The summed E-state index contributed by atoms with van der Waals surface area (Å²) in [5.74, 6) is 1.25. The Morgan fingerprint density at radius 3 is 2.90 bits per heavy atom. The molecule has 1 N–H and O–H groups in total. The summed E-state index contributed by atoms with van der Waals surface area (Å²) >= 11 is 1.48. The summed E-state index contributed by atoms with van der Waals surface area (Å²) < 4.78 is 8.08. The number of aliphatic hydroxyl groups excluding tert-OH is 1. The van der Waals surface area contributed by atoms with E-state index in [1.165, 1.54) is 22.9 Å². The van der Waals surface area contributed by atoms with Crippen molar-refractivity contribution >= 4 is 11.8 Å². The van der Waals surface area contributed by atoms with Gasteiger partial charge < -0.3 is 9.84 Å². The molecule has 0 amide bonds. The fraction of sp³-hybridized carbons (Fsp3) is 0.348. The Morgan fingerprint density at radius 2 is 2.07 bits per heavy atom. The SMILES string of the molecule is C=CCn1c(SC[C@@H](O)CO[C@H]2CCCc3ccccc32)nnc1-c1ccncc1. The lowest BCUT2D eigenvalue weighted by Gasteiger charge is -2.26. The van der Waals surface area contributed by atoms with E-state index in [9.17, 15) is 5.11 Å². The van der Waals surface area contributed by atoms with Crippen molar-refractivity contribution in [2.75, 3.05) is 12.4 Å². The standard InChI is InChI=1S/C23H26N4O2S/c1-2-14-27-22(18-10-12-24-13-11-18)25-26-23(27)30-16-19(28)15-29-21-9-5-7-17-6-3-4-8-20(17)21/h2-4,6,8,10-13,19,21,28H,1,5,7,9,14-16H2/t19-,21-/m0/s1. The van der Waals surface area contributed by atoms with Crippen LogP contribution >= 0.6 is 11.8 Å². The molecule has 1 aliphatic carbocycles. The van der Waals surface area contributed by atoms with Gasteiger partial charge >= 0.3 is 0 Å². The second-order valence-electron chi connectivity index (χ2n) is 7.32. The summed E-state index contributed by atoms with van der Waals surface area (Å²) in [6.07, 6.45) is 8.00. The molecular weight excluding hydrogens is 396 g/mol. The molecule has 2 aromatic heterocycles. The van der Waals surface area contributed by atoms with Crippen molar-refractivity contribution in [3.8, 4) is 11.4 Å². The number of fused-ring (bicyclic) bond motifs is 1. The molecule has 0 saturated heterocycles. The van der Waals surface area contributed by atoms with Crippen LogP contribution in [0, 0.1) is 0 Å². The fourth-order valence-electron chi connectivity index (χ4n) is 3.73. The maximum atomic E-state index is 10.5. The van der Waals surface area contributed by atoms with Crippen LogP contribution in [-0.2, 0) is 17.7 Å². The van der Waals surface area contributed by atoms with Gasteiger partial charge in [-0.25, -0.2) is 0 Å². The van der Waals surface area contributed by atoms with Gasteiger partial charge in [0.1, 0.15) is 0 Å². The van der Waals surface area contributed by atoms with Crippen LogP contribution in [0.2, 0.25) is 0 Å². The van der Waals surface area contributed by atoms with E-state index in [4.69, 9.17) is 4.74 Å². The molecule has 0 spiro atoms. The minimum absolute atomic E-state index is 0.0670. The van der Waals surface area contributed by atoms with E-state index in [0.29, 0.717) is 18.9 Å². The lowest BCUT2D eigenvalue weighted by Crippen LogP contribution is -2.22. The Labute approximate surface area is 181 Å². The summed E-state index contributed by atoms with van der Waals surface area (Å²) in [6.45, 7) is 4.74. The van der Waals surface area contributed by atoms with Crippen LogP contribution in [0.5, 0.6) is 0 Å². The Bertz CT molecular complexity index is 976. The van der Waals surface area contributed by atoms with E-state index in [0.717, 1.165) is 35.8 Å². The second-order valence-corrected chi connectivity index (χ2v) is 8.31. The van der Waals surface area contributed by atoms with Crippen molar-refractivity contribution in [3.05, 3.63) is 72.6 Å². The molecule has 0 aliphatic heterocycles. The van der Waals surface area contributed by atoms with Gasteiger partial charge in [0.25, 0.3) is 0 Å². The number of aliphatic hydroxyl groups is 1. The largest absolute Gasteiger partial charge is 0.390 e. The predicted octanol–water partition coefficient (Wildman–Crippen LogP) is 4.07. The monoisotopic (exact) mass is 422 g/mol. The number of thioether (sulfide) groups is 1. The third-order valence-corrected chi connectivity index (χ3v) is 6.29. The molecule has 0 saturated carbocycles. The van der Waals surface area contributed by atoms with E-state index < -0.39 is 6.10 Å². The van der Waals surface area contributed by atoms with Crippen LogP contribution in [0.3, 0.4) is 0 Å². The fourth-order valence-corrected chi connectivity index (χ4v) is 4.59. The molecule has 0 bridgehead atoms. The maximum absolute atomic E-state index is 10.5. The Kier molecular flexibility index (Phi) is 6.94. The number of nitrogens with zero attached hydrogens (tertiary/aromatic N) is 4. The molecule has 2 atom stereocenters. The number of hydrogen-bond acceptors (Lipinski definition) is 6. The van der Waals surface area contributed by atoms with Gasteiger partial charge in [0.2, 0.25) is 0 Å². The van der Waals surface area contributed by atoms with Crippen LogP contribution in [0.1, 0.15) is 30.1 Å². The summed E-state index contributed by atoms with van der Waals surface area (Å²) in [6, 6.07) is 12.3. The molecule has 6 nitrogen and oxygen atoms in total. The highest BCUT2D eigenvalue weighted by molar-refractivity contribution is 7.99. The zero-order valence-corrected chi connectivity index (χ0v) is 17.7. The van der Waals surface area contributed by atoms with Crippen LogP contribution in [-0.4, -0.2) is 43.3 Å². The first-order valence-corrected chi connectivity index (χ1v) is 11.2. The number of benzene rings is 1. The third kappa shape index (κ3) is 4.80. The Morgan fingerprint density at radius 1 is 1.23 bits per heavy atom. The first-order valence-electron chi connectivity index (χ1n) is 10.2. The number of pyridine rings is 1. The molecule has 30 heavy (non-hydrogen) atoms. The van der Waals surface area contributed by atoms with Gasteiger partial charge in [0, 0.05) is 30.3 Å². The maximum Gasteiger partial charge on any atom is 0.191 e. The average molecular weight is 423 g/mol. The molecule has 0 fully saturated rings. The van der Waals surface area contributed by atoms with Gasteiger partial charge in [-0.15, -0.1) is 16.8 Å². The molecule has 156 valence electrons. The molecule has 2 heterocycles. The van der Waals surface area contributed by atoms with Gasteiger partial charge in [-0.2, -0.15) is 0 Å². The van der Waals surface area contributed by atoms with E-state index in [2.05, 4.69) is 46.0 Å². The normalized spacial score (nSPS) is 16.8. The van der Waals surface area contributed by atoms with Crippen LogP contribution in [0.25, 0.3) is 11.4 Å². The Balaban J connectivity index is 1.36. The van der Waals surface area contributed by atoms with Crippen LogP contribution in [0.4, 0.5) is 0 Å². The minimum atomic E-state index is -0.581. The van der Waals surface area contributed by atoms with Crippen LogP contribution in [0.15, 0.2) is 66.6 Å². The van der Waals surface area contributed by atoms with Crippen molar-refractivity contribution in [2.24, 2.45) is 0 Å². The summed E-state index contributed by atoms with van der Waals surface area (Å²) in [7, 11) is 0. The molecule has 0 unspecified atom stereocenters. The minimum Gasteiger partial charge on any atom is -0.390 e. The van der Waals surface area contributed by atoms with Crippen molar-refractivity contribution in [1.82, 2.24) is 19.7 Å². The average Bonchev–Trinajstić information content (AvgIpc) is 3.19. The van der Waals surface area contributed by atoms with Crippen LogP contribution < -0.4 is 0 Å². The predicted molar refractivity (Wildman–Crippen MR) is 118 cm³/mol. The van der Waals surface area contributed by atoms with E-state index in [-0.39, 0.29) is 6.10 Å². The van der Waals surface area contributed by atoms with E-state index in [1.807, 2.05) is 22.8 Å². The molecule has 3 aromatic rings. The molecule has 1 aliphatic rings. The van der Waals surface area contributed by atoms with Crippen molar-refractivity contribution in [2.45, 2.75) is 43.2 Å². The lowest BCUT2D eigenvalue weighted by atomic mass is 9.89. The second kappa shape index (κ2) is 10.0. The Hall–Kier alpha value is -2.48. The first-order chi connectivity index (χ1) is 14.8. The highest BCUT2D eigenvalue weighted by Crippen LogP contribution is 2.32. The number of rotatable bonds is 9. The van der Waals surface area contributed by atoms with Gasteiger partial charge in [-0.05, 0) is 42.5 Å². The van der Waals surface area contributed by atoms with Crippen molar-refractivity contribution < 1.29 is 9.84 Å².